The molecule has 28 heavy (non-hydrogen) atoms. The van der Waals surface area contributed by atoms with Gasteiger partial charge in [-0.1, -0.05) is 0 Å². The molecular weight excluding hydrogens is 374 g/mol. The number of carbonyl (C=O) groups excluding carboxylic acids is 2. The predicted octanol–water partition coefficient (Wildman–Crippen LogP) is 3.02. The Labute approximate surface area is 166 Å². The molecular formula is C20H21N5O2S. The van der Waals surface area contributed by atoms with Gasteiger partial charge in [-0.3, -0.25) is 9.59 Å². The summed E-state index contributed by atoms with van der Waals surface area (Å²) < 4.78 is 2.17. The first-order chi connectivity index (χ1) is 13.6. The van der Waals surface area contributed by atoms with Crippen molar-refractivity contribution < 1.29 is 9.59 Å². The number of hydrogen-bond donors (Lipinski definition) is 2. The first kappa shape index (κ1) is 18.4. The normalized spacial score (nSPS) is 13.0. The van der Waals surface area contributed by atoms with Crippen LogP contribution in [0.25, 0.3) is 11.4 Å². The van der Waals surface area contributed by atoms with Gasteiger partial charge in [-0.05, 0) is 56.2 Å². The van der Waals surface area contributed by atoms with Crippen molar-refractivity contribution in [3.05, 3.63) is 52.0 Å². The lowest BCUT2D eigenvalue weighted by molar-refractivity contribution is -0.115. The van der Waals surface area contributed by atoms with E-state index in [1.54, 1.807) is 6.07 Å². The quantitative estimate of drug-likeness (QED) is 0.695. The highest BCUT2D eigenvalue weighted by Crippen LogP contribution is 2.24. The third-order valence-electron chi connectivity index (χ3n) is 4.66. The van der Waals surface area contributed by atoms with Crippen LogP contribution in [-0.2, 0) is 17.8 Å². The van der Waals surface area contributed by atoms with Crippen molar-refractivity contribution in [2.75, 3.05) is 11.9 Å². The van der Waals surface area contributed by atoms with E-state index < -0.39 is 0 Å². The van der Waals surface area contributed by atoms with E-state index in [0.29, 0.717) is 10.6 Å². The number of thiophene rings is 1. The summed E-state index contributed by atoms with van der Waals surface area (Å²) in [6.07, 6.45) is 3.27. The van der Waals surface area contributed by atoms with Crippen LogP contribution in [-0.4, -0.2) is 33.1 Å². The monoisotopic (exact) mass is 395 g/mol. The summed E-state index contributed by atoms with van der Waals surface area (Å²) in [6, 6.07) is 11.2. The summed E-state index contributed by atoms with van der Waals surface area (Å²) in [5, 5.41) is 14.0. The molecule has 8 heteroatoms. The van der Waals surface area contributed by atoms with Crippen molar-refractivity contribution in [3.63, 3.8) is 0 Å². The maximum Gasteiger partial charge on any atom is 0.261 e. The van der Waals surface area contributed by atoms with Gasteiger partial charge >= 0.3 is 0 Å². The minimum Gasteiger partial charge on any atom is -0.342 e. The molecule has 0 radical (unpaired) electrons. The lowest BCUT2D eigenvalue weighted by Crippen LogP contribution is -2.32. The van der Waals surface area contributed by atoms with Crippen molar-refractivity contribution >= 4 is 28.8 Å². The number of aromatic nitrogens is 3. The zero-order chi connectivity index (χ0) is 19.5. The molecule has 2 amide bonds. The number of nitrogens with one attached hydrogen (secondary N) is 2. The Morgan fingerprint density at radius 1 is 1.11 bits per heavy atom. The minimum atomic E-state index is -0.269. The summed E-state index contributed by atoms with van der Waals surface area (Å²) in [5.74, 6) is 1.40. The average Bonchev–Trinajstić information content (AvgIpc) is 3.33. The Morgan fingerprint density at radius 3 is 2.68 bits per heavy atom. The Kier molecular flexibility index (Phi) is 5.21. The van der Waals surface area contributed by atoms with Gasteiger partial charge in [-0.25, -0.2) is 0 Å². The van der Waals surface area contributed by atoms with Crippen LogP contribution in [0.15, 0.2) is 36.4 Å². The van der Waals surface area contributed by atoms with Crippen LogP contribution in [0, 0.1) is 6.92 Å². The van der Waals surface area contributed by atoms with Crippen LogP contribution < -0.4 is 10.6 Å². The van der Waals surface area contributed by atoms with Crippen LogP contribution in [0.1, 0.15) is 33.2 Å². The zero-order valence-corrected chi connectivity index (χ0v) is 16.4. The largest absolute Gasteiger partial charge is 0.342 e. The van der Waals surface area contributed by atoms with E-state index >= 15 is 0 Å². The van der Waals surface area contributed by atoms with E-state index in [1.165, 1.54) is 11.3 Å². The minimum absolute atomic E-state index is 0.0742. The number of carbonyl (C=O) groups is 2. The summed E-state index contributed by atoms with van der Waals surface area (Å²) in [6.45, 7) is 2.81. The molecule has 1 aliphatic rings. The Morgan fingerprint density at radius 2 is 1.93 bits per heavy atom. The van der Waals surface area contributed by atoms with Crippen LogP contribution in [0.2, 0.25) is 0 Å². The van der Waals surface area contributed by atoms with Crippen LogP contribution in [0.5, 0.6) is 0 Å². The lowest BCUT2D eigenvalue weighted by atomic mass is 10.1. The van der Waals surface area contributed by atoms with Crippen molar-refractivity contribution in [2.24, 2.45) is 0 Å². The molecule has 0 spiro atoms. The fraction of sp³-hybridized carbons (Fsp3) is 0.300. The van der Waals surface area contributed by atoms with E-state index in [9.17, 15) is 9.59 Å². The van der Waals surface area contributed by atoms with E-state index in [2.05, 4.69) is 25.4 Å². The van der Waals surface area contributed by atoms with Crippen molar-refractivity contribution in [1.29, 1.82) is 0 Å². The van der Waals surface area contributed by atoms with Gasteiger partial charge in [0.15, 0.2) is 5.82 Å². The van der Waals surface area contributed by atoms with Crippen LogP contribution in [0.3, 0.4) is 0 Å². The molecule has 1 aromatic carbocycles. The van der Waals surface area contributed by atoms with Gasteiger partial charge in [-0.2, -0.15) is 0 Å². The highest BCUT2D eigenvalue weighted by molar-refractivity contribution is 7.13. The molecule has 0 saturated heterocycles. The first-order valence-corrected chi connectivity index (χ1v) is 10.1. The second-order valence-corrected chi connectivity index (χ2v) is 8.05. The van der Waals surface area contributed by atoms with Crippen molar-refractivity contribution in [2.45, 2.75) is 32.7 Å². The Bertz CT molecular complexity index is 1010. The number of benzene rings is 1. The maximum absolute atomic E-state index is 12.1. The van der Waals surface area contributed by atoms with Gasteiger partial charge in [0.25, 0.3) is 5.91 Å². The van der Waals surface area contributed by atoms with Gasteiger partial charge in [0.2, 0.25) is 5.91 Å². The van der Waals surface area contributed by atoms with Gasteiger partial charge in [0, 0.05) is 29.1 Å². The van der Waals surface area contributed by atoms with E-state index in [-0.39, 0.29) is 18.4 Å². The highest BCUT2D eigenvalue weighted by Gasteiger charge is 2.17. The number of aryl methyl sites for hydroxylation is 2. The van der Waals surface area contributed by atoms with E-state index in [1.807, 2.05) is 37.3 Å². The Hall–Kier alpha value is -3.00. The van der Waals surface area contributed by atoms with Crippen LogP contribution in [0.4, 0.5) is 5.69 Å². The molecule has 0 unspecified atom stereocenters. The molecule has 0 aliphatic carbocycles. The molecule has 0 bridgehead atoms. The Balaban J connectivity index is 1.35. The van der Waals surface area contributed by atoms with Gasteiger partial charge in [0.1, 0.15) is 5.82 Å². The number of rotatable bonds is 5. The highest BCUT2D eigenvalue weighted by atomic mass is 32.1. The maximum atomic E-state index is 12.1. The molecule has 0 atom stereocenters. The second kappa shape index (κ2) is 7.93. The first-order valence-electron chi connectivity index (χ1n) is 9.27. The zero-order valence-electron chi connectivity index (χ0n) is 15.6. The number of nitrogens with zero attached hydrogens (tertiary/aromatic N) is 3. The van der Waals surface area contributed by atoms with Crippen molar-refractivity contribution in [1.82, 2.24) is 20.1 Å². The molecule has 0 fully saturated rings. The fourth-order valence-electron chi connectivity index (χ4n) is 3.23. The molecule has 144 valence electrons. The summed E-state index contributed by atoms with van der Waals surface area (Å²) >= 11 is 1.40. The van der Waals surface area contributed by atoms with Gasteiger partial charge < -0.3 is 15.2 Å². The lowest BCUT2D eigenvalue weighted by Gasteiger charge is -2.14. The van der Waals surface area contributed by atoms with Gasteiger partial charge in [-0.15, -0.1) is 21.5 Å². The molecule has 3 heterocycles. The third kappa shape index (κ3) is 3.96. The third-order valence-corrected chi connectivity index (χ3v) is 5.66. The molecule has 2 N–H and O–H groups in total. The molecule has 0 saturated carbocycles. The number of anilines is 1. The summed E-state index contributed by atoms with van der Waals surface area (Å²) in [4.78, 5) is 25.8. The summed E-state index contributed by atoms with van der Waals surface area (Å²) in [5.41, 5.74) is 1.65. The van der Waals surface area contributed by atoms with Crippen LogP contribution >= 0.6 is 11.3 Å². The van der Waals surface area contributed by atoms with Gasteiger partial charge in [0.05, 0.1) is 11.4 Å². The topological polar surface area (TPSA) is 88.9 Å². The predicted molar refractivity (Wildman–Crippen MR) is 108 cm³/mol. The SMILES string of the molecule is Cc1ccc(C(=O)NCC(=O)Nc2ccc(-c3nnc4n3CCCC4)cc2)s1. The van der Waals surface area contributed by atoms with E-state index in [4.69, 9.17) is 0 Å². The smallest absolute Gasteiger partial charge is 0.261 e. The molecule has 2 aromatic heterocycles. The fourth-order valence-corrected chi connectivity index (χ4v) is 4.02. The number of amides is 2. The summed E-state index contributed by atoms with van der Waals surface area (Å²) in [7, 11) is 0. The van der Waals surface area contributed by atoms with E-state index in [0.717, 1.165) is 47.9 Å². The number of fused-ring (bicyclic) bond motifs is 1. The second-order valence-electron chi connectivity index (χ2n) is 6.77. The standard InChI is InChI=1S/C20H21N5O2S/c1-13-5-10-16(28-13)20(27)21-12-18(26)22-15-8-6-14(7-9-15)19-24-23-17-4-2-3-11-25(17)19/h5-10H,2-4,11-12H2,1H3,(H,21,27)(H,22,26). The molecule has 4 rings (SSSR count). The number of hydrogen-bond acceptors (Lipinski definition) is 5. The molecule has 3 aromatic rings. The molecule has 7 nitrogen and oxygen atoms in total. The van der Waals surface area contributed by atoms with Crippen molar-refractivity contribution in [3.8, 4) is 11.4 Å². The molecule has 1 aliphatic heterocycles. The average molecular weight is 395 g/mol.